The van der Waals surface area contributed by atoms with Gasteiger partial charge >= 0.3 is 0 Å². The number of rotatable bonds is 7. The summed E-state index contributed by atoms with van der Waals surface area (Å²) in [6, 6.07) is 0.669. The molecule has 1 N–H and O–H groups in total. The predicted molar refractivity (Wildman–Crippen MR) is 102 cm³/mol. The Kier molecular flexibility index (Phi) is 7.17. The van der Waals surface area contributed by atoms with Crippen LogP contribution in [0.25, 0.3) is 0 Å². The summed E-state index contributed by atoms with van der Waals surface area (Å²) in [4.78, 5) is 13.1. The molecule has 0 unspecified atom stereocenters. The zero-order valence-corrected chi connectivity index (χ0v) is 16.5. The number of aromatic amines is 1. The van der Waals surface area contributed by atoms with Crippen LogP contribution in [0, 0.1) is 5.92 Å². The van der Waals surface area contributed by atoms with E-state index in [9.17, 15) is 0 Å². The molecule has 1 aromatic heterocycles. The largest absolute Gasteiger partial charge is 0.379 e. The third-order valence-corrected chi connectivity index (χ3v) is 6.17. The number of aryl methyl sites for hydroxylation is 1. The molecule has 1 atom stereocenters. The van der Waals surface area contributed by atoms with E-state index in [1.54, 1.807) is 0 Å². The Morgan fingerprint density at radius 3 is 2.64 bits per heavy atom. The molecule has 3 rings (SSSR count). The van der Waals surface area contributed by atoms with Crippen molar-refractivity contribution >= 4 is 11.6 Å². The van der Waals surface area contributed by atoms with Crippen molar-refractivity contribution in [3.63, 3.8) is 0 Å². The lowest BCUT2D eigenvalue weighted by atomic mass is 9.89. The number of unbranched alkanes of at least 4 members (excludes halogenated alkanes) is 1. The first-order valence-corrected chi connectivity index (χ1v) is 10.3. The van der Waals surface area contributed by atoms with E-state index in [4.69, 9.17) is 16.3 Å². The Morgan fingerprint density at radius 2 is 1.96 bits per heavy atom. The molecular formula is C19H33ClN4O. The maximum atomic E-state index is 6.34. The molecular weight excluding hydrogens is 336 g/mol. The Balaban J connectivity index is 1.46. The summed E-state index contributed by atoms with van der Waals surface area (Å²) in [5.74, 6) is 1.84. The molecule has 2 saturated heterocycles. The summed E-state index contributed by atoms with van der Waals surface area (Å²) in [5.41, 5.74) is 1.09. The highest BCUT2D eigenvalue weighted by Gasteiger charge is 2.29. The van der Waals surface area contributed by atoms with Crippen LogP contribution in [0.5, 0.6) is 0 Å². The van der Waals surface area contributed by atoms with Gasteiger partial charge in [0.2, 0.25) is 0 Å². The van der Waals surface area contributed by atoms with E-state index in [-0.39, 0.29) is 0 Å². The van der Waals surface area contributed by atoms with Crippen LogP contribution < -0.4 is 0 Å². The second-order valence-corrected chi connectivity index (χ2v) is 7.92. The van der Waals surface area contributed by atoms with Gasteiger partial charge in [0.25, 0.3) is 0 Å². The molecule has 0 aliphatic carbocycles. The number of aromatic nitrogens is 2. The zero-order valence-electron chi connectivity index (χ0n) is 15.8. The number of imidazole rings is 1. The van der Waals surface area contributed by atoms with Gasteiger partial charge in [0.1, 0.15) is 5.82 Å². The fraction of sp³-hybridized carbons (Fsp3) is 0.842. The van der Waals surface area contributed by atoms with Crippen molar-refractivity contribution in [2.24, 2.45) is 5.92 Å². The molecule has 3 heterocycles. The van der Waals surface area contributed by atoms with Crippen molar-refractivity contribution in [1.29, 1.82) is 0 Å². The Bertz CT molecular complexity index is 521. The maximum absolute atomic E-state index is 6.34. The molecule has 0 saturated carbocycles. The Morgan fingerprint density at radius 1 is 1.24 bits per heavy atom. The van der Waals surface area contributed by atoms with Gasteiger partial charge in [0.05, 0.1) is 18.9 Å². The SMILES string of the molecule is CCCCc1nc(Cl)c(CN2CCC([C@H](C)N3CCOCC3)CC2)[nH]1. The van der Waals surface area contributed by atoms with Crippen LogP contribution in [0.3, 0.4) is 0 Å². The van der Waals surface area contributed by atoms with Gasteiger partial charge in [0.15, 0.2) is 5.15 Å². The number of hydrogen-bond acceptors (Lipinski definition) is 4. The normalized spacial score (nSPS) is 22.4. The fourth-order valence-electron chi connectivity index (χ4n) is 4.11. The number of morpholine rings is 1. The molecule has 0 spiro atoms. The van der Waals surface area contributed by atoms with Gasteiger partial charge in [-0.3, -0.25) is 9.80 Å². The predicted octanol–water partition coefficient (Wildman–Crippen LogP) is 3.34. The summed E-state index contributed by atoms with van der Waals surface area (Å²) in [7, 11) is 0. The fourth-order valence-corrected chi connectivity index (χ4v) is 4.32. The molecule has 0 aromatic carbocycles. The van der Waals surface area contributed by atoms with Crippen molar-refractivity contribution in [2.75, 3.05) is 39.4 Å². The molecule has 6 heteroatoms. The molecule has 5 nitrogen and oxygen atoms in total. The minimum atomic E-state index is 0.662. The number of nitrogens with zero attached hydrogens (tertiary/aromatic N) is 3. The van der Waals surface area contributed by atoms with Gasteiger partial charge in [-0.25, -0.2) is 4.98 Å². The lowest BCUT2D eigenvalue weighted by Crippen LogP contribution is -2.48. The first kappa shape index (κ1) is 19.2. The van der Waals surface area contributed by atoms with E-state index >= 15 is 0 Å². The van der Waals surface area contributed by atoms with E-state index in [1.807, 2.05) is 0 Å². The summed E-state index contributed by atoms with van der Waals surface area (Å²) in [6.07, 6.45) is 5.88. The zero-order chi connectivity index (χ0) is 17.6. The maximum Gasteiger partial charge on any atom is 0.151 e. The monoisotopic (exact) mass is 368 g/mol. The van der Waals surface area contributed by atoms with Crippen LogP contribution in [-0.2, 0) is 17.7 Å². The van der Waals surface area contributed by atoms with Gasteiger partial charge in [-0.15, -0.1) is 0 Å². The summed E-state index contributed by atoms with van der Waals surface area (Å²) in [5, 5.41) is 0.662. The van der Waals surface area contributed by atoms with Crippen molar-refractivity contribution in [3.8, 4) is 0 Å². The number of hydrogen-bond donors (Lipinski definition) is 1. The van der Waals surface area contributed by atoms with E-state index in [0.29, 0.717) is 11.2 Å². The molecule has 142 valence electrons. The molecule has 2 aliphatic heterocycles. The van der Waals surface area contributed by atoms with Crippen LogP contribution in [-0.4, -0.2) is 65.2 Å². The Hall–Kier alpha value is -0.620. The van der Waals surface area contributed by atoms with Gasteiger partial charge in [-0.05, 0) is 45.2 Å². The van der Waals surface area contributed by atoms with E-state index < -0.39 is 0 Å². The molecule has 25 heavy (non-hydrogen) atoms. The highest BCUT2D eigenvalue weighted by molar-refractivity contribution is 6.30. The van der Waals surface area contributed by atoms with Crippen LogP contribution in [0.2, 0.25) is 5.15 Å². The Labute approximate surface area is 157 Å². The molecule has 2 fully saturated rings. The lowest BCUT2D eigenvalue weighted by Gasteiger charge is -2.41. The van der Waals surface area contributed by atoms with Crippen molar-refractivity contribution < 1.29 is 4.74 Å². The van der Waals surface area contributed by atoms with Gasteiger partial charge in [-0.1, -0.05) is 24.9 Å². The van der Waals surface area contributed by atoms with Crippen LogP contribution in [0.1, 0.15) is 51.0 Å². The summed E-state index contributed by atoms with van der Waals surface area (Å²) < 4.78 is 5.49. The average molecular weight is 369 g/mol. The van der Waals surface area contributed by atoms with Gasteiger partial charge < -0.3 is 9.72 Å². The van der Waals surface area contributed by atoms with Crippen LogP contribution in [0.4, 0.5) is 0 Å². The molecule has 0 radical (unpaired) electrons. The summed E-state index contributed by atoms with van der Waals surface area (Å²) in [6.45, 7) is 11.8. The topological polar surface area (TPSA) is 44.4 Å². The van der Waals surface area contributed by atoms with Crippen molar-refractivity contribution in [1.82, 2.24) is 19.8 Å². The number of piperidine rings is 1. The smallest absolute Gasteiger partial charge is 0.151 e. The minimum Gasteiger partial charge on any atom is -0.379 e. The standard InChI is InChI=1S/C19H33ClN4O/c1-3-4-5-18-21-17(19(20)22-18)14-23-8-6-16(7-9-23)15(2)24-10-12-25-13-11-24/h15-16H,3-14H2,1-2H3,(H,21,22)/t15-/m0/s1. The molecule has 1 aromatic rings. The second-order valence-electron chi connectivity index (χ2n) is 7.56. The quantitative estimate of drug-likeness (QED) is 0.801. The molecule has 0 amide bonds. The van der Waals surface area contributed by atoms with Crippen molar-refractivity contribution in [2.45, 2.75) is 58.5 Å². The van der Waals surface area contributed by atoms with Crippen molar-refractivity contribution in [3.05, 3.63) is 16.7 Å². The third-order valence-electron chi connectivity index (χ3n) is 5.86. The van der Waals surface area contributed by atoms with E-state index in [2.05, 4.69) is 33.6 Å². The number of ether oxygens (including phenoxy) is 1. The highest BCUT2D eigenvalue weighted by atomic mass is 35.5. The van der Waals surface area contributed by atoms with Crippen LogP contribution >= 0.6 is 11.6 Å². The van der Waals surface area contributed by atoms with Gasteiger partial charge in [-0.2, -0.15) is 0 Å². The second kappa shape index (κ2) is 9.36. The van der Waals surface area contributed by atoms with Crippen LogP contribution in [0.15, 0.2) is 0 Å². The van der Waals surface area contributed by atoms with E-state index in [1.165, 1.54) is 19.3 Å². The minimum absolute atomic E-state index is 0.662. The molecule has 0 bridgehead atoms. The highest BCUT2D eigenvalue weighted by Crippen LogP contribution is 2.26. The lowest BCUT2D eigenvalue weighted by molar-refractivity contribution is -0.00197. The van der Waals surface area contributed by atoms with E-state index in [0.717, 1.165) is 76.2 Å². The molecule has 2 aliphatic rings. The number of H-pyrrole nitrogens is 1. The summed E-state index contributed by atoms with van der Waals surface area (Å²) >= 11 is 6.34. The van der Waals surface area contributed by atoms with Gasteiger partial charge in [0, 0.05) is 32.1 Å². The third kappa shape index (κ3) is 5.19. The number of likely N-dealkylation sites (tertiary alicyclic amines) is 1. The first-order valence-electron chi connectivity index (χ1n) is 9.94. The average Bonchev–Trinajstić information content (AvgIpc) is 3.00. The number of nitrogens with one attached hydrogen (secondary N) is 1. The number of halogens is 1. The first-order chi connectivity index (χ1) is 12.2.